The van der Waals surface area contributed by atoms with Crippen molar-refractivity contribution in [2.24, 2.45) is 5.10 Å². The van der Waals surface area contributed by atoms with E-state index >= 15 is 0 Å². The van der Waals surface area contributed by atoms with Gasteiger partial charge >= 0.3 is 6.18 Å². The second kappa shape index (κ2) is 9.85. The van der Waals surface area contributed by atoms with Crippen molar-refractivity contribution in [1.82, 2.24) is 0 Å². The van der Waals surface area contributed by atoms with Crippen molar-refractivity contribution in [1.29, 1.82) is 0 Å². The second-order valence-electron chi connectivity index (χ2n) is 5.79. The van der Waals surface area contributed by atoms with Gasteiger partial charge in [-0.3, -0.25) is 5.43 Å². The molecule has 2 aromatic carbocycles. The van der Waals surface area contributed by atoms with E-state index in [1.807, 2.05) is 25.1 Å². The number of benzene rings is 2. The summed E-state index contributed by atoms with van der Waals surface area (Å²) in [6.07, 6.45) is -0.773. The monoisotopic (exact) mass is 380 g/mol. The van der Waals surface area contributed by atoms with Crippen LogP contribution in [-0.4, -0.2) is 19.4 Å². The molecule has 0 atom stereocenters. The normalized spacial score (nSPS) is 11.6. The zero-order chi connectivity index (χ0) is 19.7. The lowest BCUT2D eigenvalue weighted by Gasteiger charge is -2.12. The molecule has 146 valence electrons. The highest BCUT2D eigenvalue weighted by molar-refractivity contribution is 5.81. The van der Waals surface area contributed by atoms with Crippen molar-refractivity contribution in [2.75, 3.05) is 18.6 Å². The summed E-state index contributed by atoms with van der Waals surface area (Å²) >= 11 is 0. The van der Waals surface area contributed by atoms with Gasteiger partial charge in [0.05, 0.1) is 30.7 Å². The quantitative estimate of drug-likeness (QED) is 0.343. The van der Waals surface area contributed by atoms with Crippen LogP contribution in [0.3, 0.4) is 0 Å². The minimum absolute atomic E-state index is 0.462. The largest absolute Gasteiger partial charge is 0.490 e. The Morgan fingerprint density at radius 2 is 1.74 bits per heavy atom. The van der Waals surface area contributed by atoms with Gasteiger partial charge in [-0.15, -0.1) is 0 Å². The van der Waals surface area contributed by atoms with E-state index in [1.165, 1.54) is 12.1 Å². The first kappa shape index (κ1) is 20.6. The van der Waals surface area contributed by atoms with Crippen LogP contribution < -0.4 is 14.9 Å². The molecule has 1 N–H and O–H groups in total. The number of hydrogen-bond acceptors (Lipinski definition) is 4. The number of hydrogen-bond donors (Lipinski definition) is 1. The van der Waals surface area contributed by atoms with Crippen LogP contribution in [0.2, 0.25) is 0 Å². The molecule has 27 heavy (non-hydrogen) atoms. The Labute approximate surface area is 157 Å². The van der Waals surface area contributed by atoms with E-state index in [2.05, 4.69) is 17.5 Å². The number of anilines is 1. The van der Waals surface area contributed by atoms with Gasteiger partial charge in [0.25, 0.3) is 0 Å². The van der Waals surface area contributed by atoms with Gasteiger partial charge in [-0.2, -0.15) is 18.3 Å². The Hall–Kier alpha value is -2.70. The Morgan fingerprint density at radius 3 is 2.37 bits per heavy atom. The third-order valence-corrected chi connectivity index (χ3v) is 3.64. The number of nitrogens with zero attached hydrogens (tertiary/aromatic N) is 1. The average Bonchev–Trinajstić information content (AvgIpc) is 2.63. The van der Waals surface area contributed by atoms with Gasteiger partial charge in [-0.05, 0) is 61.4 Å². The topological polar surface area (TPSA) is 42.8 Å². The summed E-state index contributed by atoms with van der Waals surface area (Å²) in [5.74, 6) is 1.31. The maximum Gasteiger partial charge on any atom is 0.416 e. The lowest BCUT2D eigenvalue weighted by Crippen LogP contribution is -2.04. The summed E-state index contributed by atoms with van der Waals surface area (Å²) in [4.78, 5) is 0. The molecule has 4 nitrogen and oxygen atoms in total. The van der Waals surface area contributed by atoms with E-state index in [-0.39, 0.29) is 0 Å². The summed E-state index contributed by atoms with van der Waals surface area (Å²) in [7, 11) is 0. The molecule has 2 rings (SSSR count). The summed E-state index contributed by atoms with van der Waals surface area (Å²) in [6.45, 7) is 5.12. The highest BCUT2D eigenvalue weighted by Gasteiger charge is 2.29. The summed E-state index contributed by atoms with van der Waals surface area (Å²) in [5.41, 5.74) is 3.25. The van der Waals surface area contributed by atoms with Crippen molar-refractivity contribution in [3.05, 3.63) is 53.6 Å². The zero-order valence-corrected chi connectivity index (χ0v) is 15.3. The molecule has 0 unspecified atom stereocenters. The number of nitrogens with one attached hydrogen (secondary N) is 1. The van der Waals surface area contributed by atoms with Gasteiger partial charge in [0, 0.05) is 0 Å². The first-order chi connectivity index (χ1) is 12.9. The molecule has 0 aliphatic rings. The molecule has 0 aliphatic carbocycles. The summed E-state index contributed by atoms with van der Waals surface area (Å²) in [5, 5.41) is 4.06. The van der Waals surface area contributed by atoms with E-state index in [4.69, 9.17) is 9.47 Å². The predicted molar refractivity (Wildman–Crippen MR) is 101 cm³/mol. The minimum atomic E-state index is -4.35. The van der Waals surface area contributed by atoms with Crippen LogP contribution in [0.15, 0.2) is 47.6 Å². The van der Waals surface area contributed by atoms with E-state index in [0.717, 1.165) is 30.5 Å². The lowest BCUT2D eigenvalue weighted by atomic mass is 10.2. The molecule has 0 saturated carbocycles. The van der Waals surface area contributed by atoms with Gasteiger partial charge in [0.2, 0.25) is 0 Å². The number of unbranched alkanes of at least 4 members (excludes halogenated alkanes) is 1. The average molecular weight is 380 g/mol. The number of halogens is 3. The molecule has 2 aromatic rings. The van der Waals surface area contributed by atoms with Gasteiger partial charge in [-0.1, -0.05) is 13.3 Å². The van der Waals surface area contributed by atoms with Crippen molar-refractivity contribution in [3.8, 4) is 11.5 Å². The predicted octanol–water partition coefficient (Wildman–Crippen LogP) is 5.73. The molecule has 0 saturated heterocycles. The van der Waals surface area contributed by atoms with Gasteiger partial charge < -0.3 is 9.47 Å². The fourth-order valence-electron chi connectivity index (χ4n) is 2.23. The standard InChI is InChI=1S/C20H23F3N2O2/c1-3-5-12-27-18-11-6-15(13-19(18)26-4-2)14-24-25-17-9-7-16(8-10-17)20(21,22)23/h6-11,13-14,25H,3-5,12H2,1-2H3. The smallest absolute Gasteiger partial charge is 0.416 e. The Balaban J connectivity index is 2.02. The molecule has 7 heteroatoms. The lowest BCUT2D eigenvalue weighted by molar-refractivity contribution is -0.137. The second-order valence-corrected chi connectivity index (χ2v) is 5.79. The molecular formula is C20H23F3N2O2. The van der Waals surface area contributed by atoms with Crippen molar-refractivity contribution >= 4 is 11.9 Å². The molecule has 0 heterocycles. The number of ether oxygens (including phenoxy) is 2. The van der Waals surface area contributed by atoms with E-state index in [0.29, 0.717) is 30.4 Å². The van der Waals surface area contributed by atoms with Gasteiger partial charge in [0.15, 0.2) is 11.5 Å². The van der Waals surface area contributed by atoms with Crippen LogP contribution in [0.4, 0.5) is 18.9 Å². The third kappa shape index (κ3) is 6.51. The van der Waals surface area contributed by atoms with Crippen LogP contribution in [0.25, 0.3) is 0 Å². The van der Waals surface area contributed by atoms with Crippen molar-refractivity contribution < 1.29 is 22.6 Å². The molecular weight excluding hydrogens is 357 g/mol. The van der Waals surface area contributed by atoms with Crippen LogP contribution in [0.1, 0.15) is 37.8 Å². The minimum Gasteiger partial charge on any atom is -0.490 e. The SMILES string of the molecule is CCCCOc1ccc(C=NNc2ccc(C(F)(F)F)cc2)cc1OCC. The fourth-order valence-corrected chi connectivity index (χ4v) is 2.23. The highest BCUT2D eigenvalue weighted by Crippen LogP contribution is 2.30. The molecule has 0 radical (unpaired) electrons. The summed E-state index contributed by atoms with van der Waals surface area (Å²) < 4.78 is 49.0. The van der Waals surface area contributed by atoms with Crippen LogP contribution >= 0.6 is 0 Å². The van der Waals surface area contributed by atoms with Crippen LogP contribution in [0.5, 0.6) is 11.5 Å². The van der Waals surface area contributed by atoms with E-state index < -0.39 is 11.7 Å². The molecule has 0 aromatic heterocycles. The molecule has 0 bridgehead atoms. The summed E-state index contributed by atoms with van der Waals surface area (Å²) in [6, 6.07) is 10.1. The molecule has 0 aliphatic heterocycles. The van der Waals surface area contributed by atoms with Crippen molar-refractivity contribution in [3.63, 3.8) is 0 Å². The fraction of sp³-hybridized carbons (Fsp3) is 0.350. The zero-order valence-electron chi connectivity index (χ0n) is 15.3. The maximum atomic E-state index is 12.6. The van der Waals surface area contributed by atoms with Crippen LogP contribution in [-0.2, 0) is 6.18 Å². The third-order valence-electron chi connectivity index (χ3n) is 3.64. The number of alkyl halides is 3. The highest BCUT2D eigenvalue weighted by atomic mass is 19.4. The Morgan fingerprint density at radius 1 is 1.00 bits per heavy atom. The number of hydrazone groups is 1. The first-order valence-corrected chi connectivity index (χ1v) is 8.80. The van der Waals surface area contributed by atoms with Crippen molar-refractivity contribution in [2.45, 2.75) is 32.9 Å². The molecule has 0 spiro atoms. The van der Waals surface area contributed by atoms with Gasteiger partial charge in [0.1, 0.15) is 0 Å². The maximum absolute atomic E-state index is 12.6. The molecule has 0 fully saturated rings. The number of rotatable bonds is 9. The Kier molecular flexibility index (Phi) is 7.52. The Bertz CT molecular complexity index is 744. The van der Waals surface area contributed by atoms with E-state index in [9.17, 15) is 13.2 Å². The first-order valence-electron chi connectivity index (χ1n) is 8.80. The van der Waals surface area contributed by atoms with Gasteiger partial charge in [-0.25, -0.2) is 0 Å². The molecule has 0 amide bonds. The van der Waals surface area contributed by atoms with Crippen LogP contribution in [0, 0.1) is 0 Å². The van der Waals surface area contributed by atoms with E-state index in [1.54, 1.807) is 6.21 Å².